The minimum Gasteiger partial charge on any atom is -0.316 e. The standard InChI is InChI=1S/C15H22N4OS.ClH/c1-9-10(2)21-15-13(9)14(20)17-12(18-15)8-19-6-4-5-11(7-19)16-3;/h11,16H,4-8H2,1-3H3,(H,17,18,20);1H. The third-order valence-electron chi connectivity index (χ3n) is 4.38. The molecule has 1 aliphatic heterocycles. The van der Waals surface area contributed by atoms with E-state index in [2.05, 4.69) is 20.2 Å². The summed E-state index contributed by atoms with van der Waals surface area (Å²) in [5.74, 6) is 0.783. The van der Waals surface area contributed by atoms with Crippen LogP contribution < -0.4 is 10.9 Å². The minimum atomic E-state index is -0.000902. The van der Waals surface area contributed by atoms with E-state index in [-0.39, 0.29) is 18.0 Å². The highest BCUT2D eigenvalue weighted by molar-refractivity contribution is 7.18. The molecule has 0 radical (unpaired) electrons. The molecule has 1 aliphatic rings. The quantitative estimate of drug-likeness (QED) is 0.897. The Morgan fingerprint density at radius 1 is 1.45 bits per heavy atom. The van der Waals surface area contributed by atoms with Gasteiger partial charge >= 0.3 is 0 Å². The summed E-state index contributed by atoms with van der Waals surface area (Å²) in [6.45, 7) is 6.85. The van der Waals surface area contributed by atoms with E-state index in [1.54, 1.807) is 11.3 Å². The Bertz CT molecular complexity index is 711. The normalized spacial score (nSPS) is 19.3. The lowest BCUT2D eigenvalue weighted by Crippen LogP contribution is -2.44. The molecule has 22 heavy (non-hydrogen) atoms. The van der Waals surface area contributed by atoms with E-state index in [1.807, 2.05) is 20.9 Å². The number of halogens is 1. The van der Waals surface area contributed by atoms with Crippen LogP contribution in [-0.4, -0.2) is 41.0 Å². The van der Waals surface area contributed by atoms with Crippen LogP contribution in [0.5, 0.6) is 0 Å². The van der Waals surface area contributed by atoms with Gasteiger partial charge in [-0.15, -0.1) is 23.7 Å². The smallest absolute Gasteiger partial charge is 0.259 e. The van der Waals surface area contributed by atoms with Crippen LogP contribution in [0.25, 0.3) is 10.2 Å². The van der Waals surface area contributed by atoms with Crippen molar-refractivity contribution in [2.45, 2.75) is 39.3 Å². The second-order valence-corrected chi connectivity index (χ2v) is 7.04. The van der Waals surface area contributed by atoms with Crippen LogP contribution in [0.4, 0.5) is 0 Å². The summed E-state index contributed by atoms with van der Waals surface area (Å²) in [6.07, 6.45) is 2.41. The molecule has 0 aromatic carbocycles. The molecule has 122 valence electrons. The number of hydrogen-bond donors (Lipinski definition) is 2. The summed E-state index contributed by atoms with van der Waals surface area (Å²) in [4.78, 5) is 24.3. The number of nitrogens with one attached hydrogen (secondary N) is 2. The Labute approximate surface area is 140 Å². The summed E-state index contributed by atoms with van der Waals surface area (Å²) in [5.41, 5.74) is 1.06. The zero-order chi connectivity index (χ0) is 15.0. The Morgan fingerprint density at radius 2 is 2.23 bits per heavy atom. The van der Waals surface area contributed by atoms with E-state index in [9.17, 15) is 4.79 Å². The molecule has 2 aromatic heterocycles. The second-order valence-electron chi connectivity index (χ2n) is 5.84. The number of piperidine rings is 1. The number of H-pyrrole nitrogens is 1. The van der Waals surface area contributed by atoms with E-state index in [4.69, 9.17) is 0 Å². The van der Waals surface area contributed by atoms with Crippen molar-refractivity contribution in [1.82, 2.24) is 20.2 Å². The van der Waals surface area contributed by atoms with E-state index < -0.39 is 0 Å². The molecule has 7 heteroatoms. The predicted molar refractivity (Wildman–Crippen MR) is 94.3 cm³/mol. The van der Waals surface area contributed by atoms with Crippen molar-refractivity contribution in [1.29, 1.82) is 0 Å². The lowest BCUT2D eigenvalue weighted by molar-refractivity contribution is 0.184. The number of hydrogen-bond acceptors (Lipinski definition) is 5. The third-order valence-corrected chi connectivity index (χ3v) is 5.48. The molecule has 1 atom stereocenters. The third kappa shape index (κ3) is 3.35. The zero-order valence-corrected chi connectivity index (χ0v) is 14.9. The van der Waals surface area contributed by atoms with Crippen molar-refractivity contribution in [2.75, 3.05) is 20.1 Å². The van der Waals surface area contributed by atoms with Gasteiger partial charge in [-0.1, -0.05) is 0 Å². The first-order chi connectivity index (χ1) is 10.1. The molecule has 5 nitrogen and oxygen atoms in total. The number of aromatic amines is 1. The van der Waals surface area contributed by atoms with Gasteiger partial charge in [0.15, 0.2) is 0 Å². The maximum absolute atomic E-state index is 12.3. The van der Waals surface area contributed by atoms with Crippen molar-refractivity contribution < 1.29 is 0 Å². The Hall–Kier alpha value is -0.950. The van der Waals surface area contributed by atoms with Gasteiger partial charge in [-0.25, -0.2) is 4.98 Å². The van der Waals surface area contributed by atoms with Gasteiger partial charge in [-0.05, 0) is 45.8 Å². The van der Waals surface area contributed by atoms with Crippen molar-refractivity contribution in [2.24, 2.45) is 0 Å². The highest BCUT2D eigenvalue weighted by Gasteiger charge is 2.20. The van der Waals surface area contributed by atoms with Gasteiger partial charge in [0, 0.05) is 17.5 Å². The maximum atomic E-state index is 12.3. The average molecular weight is 343 g/mol. The molecule has 3 rings (SSSR count). The molecular formula is C15H23ClN4OS. The van der Waals surface area contributed by atoms with E-state index >= 15 is 0 Å². The second kappa shape index (κ2) is 7.08. The van der Waals surface area contributed by atoms with Gasteiger partial charge in [0.2, 0.25) is 0 Å². The Morgan fingerprint density at radius 3 is 2.95 bits per heavy atom. The number of fused-ring (bicyclic) bond motifs is 1. The van der Waals surface area contributed by atoms with E-state index in [0.29, 0.717) is 6.04 Å². The number of thiophene rings is 1. The summed E-state index contributed by atoms with van der Waals surface area (Å²) in [7, 11) is 2.01. The fourth-order valence-corrected chi connectivity index (χ4v) is 4.07. The number of rotatable bonds is 3. The number of likely N-dealkylation sites (tertiary alicyclic amines) is 1. The largest absolute Gasteiger partial charge is 0.316 e. The van der Waals surface area contributed by atoms with Crippen molar-refractivity contribution in [3.05, 3.63) is 26.6 Å². The summed E-state index contributed by atoms with van der Waals surface area (Å²) in [6, 6.07) is 0.542. The summed E-state index contributed by atoms with van der Waals surface area (Å²) in [5, 5.41) is 4.10. The minimum absolute atomic E-state index is 0. The van der Waals surface area contributed by atoms with Gasteiger partial charge in [-0.3, -0.25) is 9.69 Å². The molecule has 1 unspecified atom stereocenters. The maximum Gasteiger partial charge on any atom is 0.259 e. The zero-order valence-electron chi connectivity index (χ0n) is 13.2. The molecule has 0 saturated carbocycles. The first-order valence-electron chi connectivity index (χ1n) is 7.47. The molecule has 0 aliphatic carbocycles. The van der Waals surface area contributed by atoms with Crippen LogP contribution in [0, 0.1) is 13.8 Å². The van der Waals surface area contributed by atoms with Gasteiger partial charge in [0.1, 0.15) is 10.7 Å². The SMILES string of the molecule is CNC1CCCN(Cc2nc3sc(C)c(C)c3c(=O)[nH]2)C1.Cl. The van der Waals surface area contributed by atoms with Crippen LogP contribution in [0.2, 0.25) is 0 Å². The molecule has 2 N–H and O–H groups in total. The van der Waals surface area contributed by atoms with Crippen molar-refractivity contribution >= 4 is 34.0 Å². The Balaban J connectivity index is 0.00000176. The van der Waals surface area contributed by atoms with Crippen LogP contribution >= 0.6 is 23.7 Å². The predicted octanol–water partition coefficient (Wildman–Crippen LogP) is 2.21. The number of nitrogens with zero attached hydrogens (tertiary/aromatic N) is 2. The van der Waals surface area contributed by atoms with E-state index in [0.717, 1.165) is 41.2 Å². The fourth-order valence-electron chi connectivity index (χ4n) is 3.02. The van der Waals surface area contributed by atoms with Crippen molar-refractivity contribution in [3.8, 4) is 0 Å². The van der Waals surface area contributed by atoms with Gasteiger partial charge in [0.05, 0.1) is 11.9 Å². The lowest BCUT2D eigenvalue weighted by Gasteiger charge is -2.31. The average Bonchev–Trinajstić information content (AvgIpc) is 2.74. The number of aryl methyl sites for hydroxylation is 2. The first-order valence-corrected chi connectivity index (χ1v) is 8.28. The molecule has 2 aromatic rings. The van der Waals surface area contributed by atoms with E-state index in [1.165, 1.54) is 17.7 Å². The van der Waals surface area contributed by atoms with Gasteiger partial charge < -0.3 is 10.3 Å². The monoisotopic (exact) mass is 342 g/mol. The lowest BCUT2D eigenvalue weighted by atomic mass is 10.1. The first kappa shape index (κ1) is 17.4. The van der Waals surface area contributed by atoms with Gasteiger partial charge in [0.25, 0.3) is 5.56 Å². The topological polar surface area (TPSA) is 61.0 Å². The molecule has 1 saturated heterocycles. The molecule has 0 spiro atoms. The summed E-state index contributed by atoms with van der Waals surface area (Å²) < 4.78 is 0. The highest BCUT2D eigenvalue weighted by Crippen LogP contribution is 2.25. The summed E-state index contributed by atoms with van der Waals surface area (Å²) >= 11 is 1.61. The molecule has 3 heterocycles. The van der Waals surface area contributed by atoms with Crippen molar-refractivity contribution in [3.63, 3.8) is 0 Å². The fraction of sp³-hybridized carbons (Fsp3) is 0.600. The molecule has 1 fully saturated rings. The van der Waals surface area contributed by atoms with Crippen LogP contribution in [-0.2, 0) is 6.54 Å². The molecule has 0 bridgehead atoms. The molecule has 0 amide bonds. The van der Waals surface area contributed by atoms with Crippen LogP contribution in [0.1, 0.15) is 29.1 Å². The highest BCUT2D eigenvalue weighted by atomic mass is 35.5. The molecular weight excluding hydrogens is 320 g/mol. The van der Waals surface area contributed by atoms with Crippen LogP contribution in [0.15, 0.2) is 4.79 Å². The number of aromatic nitrogens is 2. The van der Waals surface area contributed by atoms with Gasteiger partial charge in [-0.2, -0.15) is 0 Å². The number of likely N-dealkylation sites (N-methyl/N-ethyl adjacent to an activating group) is 1. The Kier molecular flexibility index (Phi) is 5.60. The van der Waals surface area contributed by atoms with Crippen LogP contribution in [0.3, 0.4) is 0 Å².